The van der Waals surface area contributed by atoms with Gasteiger partial charge < -0.3 is 4.74 Å². The minimum Gasteiger partial charge on any atom is -0.433 e. The van der Waals surface area contributed by atoms with Crippen molar-refractivity contribution in [1.82, 2.24) is 0 Å². The molecule has 0 unspecified atom stereocenters. The molecule has 0 fully saturated rings. The van der Waals surface area contributed by atoms with E-state index in [1.807, 2.05) is 0 Å². The summed E-state index contributed by atoms with van der Waals surface area (Å²) in [6, 6.07) is 9.58. The van der Waals surface area contributed by atoms with Gasteiger partial charge in [0.2, 0.25) is 0 Å². The molecule has 0 atom stereocenters. The molecule has 19 heavy (non-hydrogen) atoms. The summed E-state index contributed by atoms with van der Waals surface area (Å²) in [7, 11) is 0. The third-order valence-corrected chi connectivity index (χ3v) is 3.63. The van der Waals surface area contributed by atoms with E-state index in [9.17, 15) is 8.78 Å². The van der Waals surface area contributed by atoms with Crippen molar-refractivity contribution in [1.29, 1.82) is 0 Å². The van der Waals surface area contributed by atoms with Crippen LogP contribution < -0.4 is 4.74 Å². The summed E-state index contributed by atoms with van der Waals surface area (Å²) in [5.74, 6) is -0.106. The van der Waals surface area contributed by atoms with Crippen LogP contribution in [0.4, 0.5) is 8.78 Å². The van der Waals surface area contributed by atoms with Gasteiger partial charge >= 0.3 is 6.61 Å². The minimum atomic E-state index is -2.94. The summed E-state index contributed by atoms with van der Waals surface area (Å²) in [4.78, 5) is 0. The Hall–Kier alpha value is -1.03. The highest BCUT2D eigenvalue weighted by atomic mass is 35.5. The SMILES string of the molecule is FC(F)Oc1cccc(-c2cccc(Cl)c2Cl)c1Cl. The van der Waals surface area contributed by atoms with Crippen LogP contribution in [0, 0.1) is 0 Å². The van der Waals surface area contributed by atoms with Crippen LogP contribution >= 0.6 is 34.8 Å². The normalized spacial score (nSPS) is 10.8. The monoisotopic (exact) mass is 322 g/mol. The van der Waals surface area contributed by atoms with Gasteiger partial charge in [0.1, 0.15) is 5.75 Å². The lowest BCUT2D eigenvalue weighted by Crippen LogP contribution is -2.02. The van der Waals surface area contributed by atoms with E-state index in [2.05, 4.69) is 4.74 Å². The number of ether oxygens (including phenoxy) is 1. The highest BCUT2D eigenvalue weighted by Crippen LogP contribution is 2.40. The second-order valence-electron chi connectivity index (χ2n) is 3.60. The van der Waals surface area contributed by atoms with Crippen LogP contribution in [-0.2, 0) is 0 Å². The maximum atomic E-state index is 12.3. The second-order valence-corrected chi connectivity index (χ2v) is 4.76. The van der Waals surface area contributed by atoms with Crippen LogP contribution in [-0.4, -0.2) is 6.61 Å². The Morgan fingerprint density at radius 1 is 0.842 bits per heavy atom. The maximum Gasteiger partial charge on any atom is 0.387 e. The molecule has 2 aromatic carbocycles. The van der Waals surface area contributed by atoms with Gasteiger partial charge in [0.05, 0.1) is 15.1 Å². The first-order valence-corrected chi connectivity index (χ1v) is 6.32. The molecule has 0 spiro atoms. The van der Waals surface area contributed by atoms with Crippen molar-refractivity contribution in [2.24, 2.45) is 0 Å². The average molecular weight is 324 g/mol. The molecular weight excluding hydrogens is 316 g/mol. The zero-order chi connectivity index (χ0) is 14.0. The smallest absolute Gasteiger partial charge is 0.387 e. The molecule has 2 aromatic rings. The number of benzene rings is 2. The molecule has 2 rings (SSSR count). The molecule has 1 nitrogen and oxygen atoms in total. The Labute approximate surface area is 123 Å². The lowest BCUT2D eigenvalue weighted by molar-refractivity contribution is -0.0497. The lowest BCUT2D eigenvalue weighted by atomic mass is 10.1. The van der Waals surface area contributed by atoms with Crippen LogP contribution in [0.15, 0.2) is 36.4 Å². The molecule has 0 N–H and O–H groups in total. The Morgan fingerprint density at radius 2 is 1.42 bits per heavy atom. The molecule has 0 aliphatic rings. The van der Waals surface area contributed by atoms with Crippen molar-refractivity contribution in [3.05, 3.63) is 51.5 Å². The van der Waals surface area contributed by atoms with Crippen LogP contribution in [0.2, 0.25) is 15.1 Å². The van der Waals surface area contributed by atoms with E-state index >= 15 is 0 Å². The Balaban J connectivity index is 2.54. The second kappa shape index (κ2) is 5.95. The zero-order valence-electron chi connectivity index (χ0n) is 9.34. The average Bonchev–Trinajstić information content (AvgIpc) is 2.35. The summed E-state index contributed by atoms with van der Waals surface area (Å²) in [5.41, 5.74) is 1.03. The van der Waals surface area contributed by atoms with E-state index < -0.39 is 6.61 Å². The van der Waals surface area contributed by atoms with Crippen molar-refractivity contribution in [3.63, 3.8) is 0 Å². The van der Waals surface area contributed by atoms with Gasteiger partial charge in [-0.2, -0.15) is 8.78 Å². The summed E-state index contributed by atoms with van der Waals surface area (Å²) in [6.07, 6.45) is 0. The molecule has 0 saturated carbocycles. The summed E-state index contributed by atoms with van der Waals surface area (Å²) in [6.45, 7) is -2.94. The molecule has 0 radical (unpaired) electrons. The molecule has 0 heterocycles. The van der Waals surface area contributed by atoms with Crippen LogP contribution in [0.3, 0.4) is 0 Å². The van der Waals surface area contributed by atoms with Gasteiger partial charge in [-0.05, 0) is 12.1 Å². The highest BCUT2D eigenvalue weighted by Gasteiger charge is 2.15. The fourth-order valence-electron chi connectivity index (χ4n) is 1.62. The van der Waals surface area contributed by atoms with E-state index in [0.717, 1.165) is 0 Å². The van der Waals surface area contributed by atoms with Crippen molar-refractivity contribution in [2.45, 2.75) is 6.61 Å². The number of halogens is 5. The predicted molar refractivity (Wildman–Crippen MR) is 73.5 cm³/mol. The fourth-order valence-corrected chi connectivity index (χ4v) is 2.29. The van der Waals surface area contributed by atoms with E-state index in [1.165, 1.54) is 6.07 Å². The molecule has 0 aliphatic carbocycles. The van der Waals surface area contributed by atoms with Gasteiger partial charge in [0, 0.05) is 11.1 Å². The lowest BCUT2D eigenvalue weighted by Gasteiger charge is -2.12. The fraction of sp³-hybridized carbons (Fsp3) is 0.0769. The molecular formula is C13H7Cl3F2O. The largest absolute Gasteiger partial charge is 0.433 e. The zero-order valence-corrected chi connectivity index (χ0v) is 11.6. The van der Waals surface area contributed by atoms with Gasteiger partial charge in [0.25, 0.3) is 0 Å². The standard InChI is InChI=1S/C13H7Cl3F2O/c14-9-5-1-3-7(11(9)15)8-4-2-6-10(12(8)16)19-13(17)18/h1-6,13H. The van der Waals surface area contributed by atoms with E-state index in [1.54, 1.807) is 30.3 Å². The van der Waals surface area contributed by atoms with E-state index in [-0.39, 0.29) is 10.8 Å². The molecule has 0 aliphatic heterocycles. The van der Waals surface area contributed by atoms with E-state index in [4.69, 9.17) is 34.8 Å². The maximum absolute atomic E-state index is 12.3. The van der Waals surface area contributed by atoms with Crippen LogP contribution in [0.25, 0.3) is 11.1 Å². The Kier molecular flexibility index (Phi) is 4.50. The summed E-state index contributed by atoms with van der Waals surface area (Å²) < 4.78 is 28.8. The summed E-state index contributed by atoms with van der Waals surface area (Å²) in [5, 5.41) is 0.725. The van der Waals surface area contributed by atoms with Gasteiger partial charge in [0.15, 0.2) is 0 Å². The topological polar surface area (TPSA) is 9.23 Å². The van der Waals surface area contributed by atoms with Gasteiger partial charge in [-0.3, -0.25) is 0 Å². The van der Waals surface area contributed by atoms with Gasteiger partial charge in [-0.1, -0.05) is 59.1 Å². The van der Waals surface area contributed by atoms with Crippen molar-refractivity contribution in [3.8, 4) is 16.9 Å². The van der Waals surface area contributed by atoms with Crippen LogP contribution in [0.5, 0.6) is 5.75 Å². The third kappa shape index (κ3) is 3.11. The third-order valence-electron chi connectivity index (χ3n) is 2.42. The quantitative estimate of drug-likeness (QED) is 0.681. The molecule has 0 saturated heterocycles. The molecule has 100 valence electrons. The molecule has 0 bridgehead atoms. The van der Waals surface area contributed by atoms with E-state index in [0.29, 0.717) is 21.2 Å². The first kappa shape index (κ1) is 14.4. The predicted octanol–water partition coefficient (Wildman–Crippen LogP) is 5.92. The first-order chi connectivity index (χ1) is 9.00. The molecule has 6 heteroatoms. The number of hydrogen-bond donors (Lipinski definition) is 0. The van der Waals surface area contributed by atoms with Crippen LogP contribution in [0.1, 0.15) is 0 Å². The van der Waals surface area contributed by atoms with Gasteiger partial charge in [-0.25, -0.2) is 0 Å². The minimum absolute atomic E-state index is 0.0620. The molecule has 0 amide bonds. The van der Waals surface area contributed by atoms with Crippen molar-refractivity contribution in [2.75, 3.05) is 0 Å². The van der Waals surface area contributed by atoms with Crippen molar-refractivity contribution < 1.29 is 13.5 Å². The van der Waals surface area contributed by atoms with Gasteiger partial charge in [-0.15, -0.1) is 0 Å². The summed E-state index contributed by atoms with van der Waals surface area (Å²) >= 11 is 18.0. The first-order valence-electron chi connectivity index (χ1n) is 5.18. The Morgan fingerprint density at radius 3 is 2.05 bits per heavy atom. The Bertz CT molecular complexity index is 602. The molecule has 0 aromatic heterocycles. The number of rotatable bonds is 3. The highest BCUT2D eigenvalue weighted by molar-refractivity contribution is 6.44. The number of alkyl halides is 2. The number of hydrogen-bond acceptors (Lipinski definition) is 1. The van der Waals surface area contributed by atoms with Crippen molar-refractivity contribution >= 4 is 34.8 Å².